The van der Waals surface area contributed by atoms with E-state index in [9.17, 15) is 0 Å². The second kappa shape index (κ2) is 10.0. The zero-order valence-corrected chi connectivity index (χ0v) is 15.8. The summed E-state index contributed by atoms with van der Waals surface area (Å²) >= 11 is 0. The highest BCUT2D eigenvalue weighted by atomic mass is 15.2. The van der Waals surface area contributed by atoms with Crippen molar-refractivity contribution >= 4 is 11.2 Å². The Morgan fingerprint density at radius 3 is 2.35 bits per heavy atom. The van der Waals surface area contributed by atoms with Gasteiger partial charge in [-0.15, -0.1) is 0 Å². The molecule has 140 valence electrons. The summed E-state index contributed by atoms with van der Waals surface area (Å²) < 4.78 is 2.05. The molecule has 0 atom stereocenters. The van der Waals surface area contributed by atoms with E-state index in [1.54, 1.807) is 12.7 Å². The molecule has 0 fully saturated rings. The van der Waals surface area contributed by atoms with E-state index in [1.807, 2.05) is 12.4 Å². The van der Waals surface area contributed by atoms with Crippen LogP contribution >= 0.6 is 0 Å². The van der Waals surface area contributed by atoms with E-state index in [4.69, 9.17) is 0 Å². The largest absolute Gasteiger partial charge is 0.340 e. The summed E-state index contributed by atoms with van der Waals surface area (Å²) in [5.74, 6) is 1.88. The Hall–Kier alpha value is -2.24. The highest BCUT2D eigenvalue weighted by molar-refractivity contribution is 5.77. The normalized spacial score (nSPS) is 11.4. The number of hydrogen-bond acceptors (Lipinski definition) is 4. The molecule has 0 radical (unpaired) electrons. The summed E-state index contributed by atoms with van der Waals surface area (Å²) in [4.78, 5) is 20.5. The van der Waals surface area contributed by atoms with Crippen molar-refractivity contribution in [3.8, 4) is 5.82 Å². The van der Waals surface area contributed by atoms with E-state index in [0.717, 1.165) is 23.6 Å². The summed E-state index contributed by atoms with van der Waals surface area (Å²) in [6.07, 6.45) is 21.5. The Kier molecular flexibility index (Phi) is 7.16. The third kappa shape index (κ3) is 4.90. The van der Waals surface area contributed by atoms with Gasteiger partial charge < -0.3 is 4.98 Å². The van der Waals surface area contributed by atoms with Crippen molar-refractivity contribution in [2.75, 3.05) is 0 Å². The highest BCUT2D eigenvalue weighted by Gasteiger charge is 2.11. The van der Waals surface area contributed by atoms with Crippen LogP contribution in [0.2, 0.25) is 0 Å². The van der Waals surface area contributed by atoms with Gasteiger partial charge in [0.15, 0.2) is 11.5 Å². The van der Waals surface area contributed by atoms with E-state index in [2.05, 4.69) is 36.4 Å². The van der Waals surface area contributed by atoms with Crippen LogP contribution in [0, 0.1) is 0 Å². The number of nitrogens with zero attached hydrogens (tertiary/aromatic N) is 5. The van der Waals surface area contributed by atoms with Crippen LogP contribution in [0.4, 0.5) is 0 Å². The zero-order chi connectivity index (χ0) is 18.0. The first-order chi connectivity index (χ1) is 12.9. The van der Waals surface area contributed by atoms with Crippen LogP contribution in [0.25, 0.3) is 17.0 Å². The summed E-state index contributed by atoms with van der Waals surface area (Å²) in [7, 11) is 0. The molecule has 3 rings (SSSR count). The fraction of sp³-hybridized carbons (Fsp3) is 0.600. The van der Waals surface area contributed by atoms with Gasteiger partial charge in [0.25, 0.3) is 0 Å². The number of aryl methyl sites for hydroxylation is 1. The van der Waals surface area contributed by atoms with Gasteiger partial charge in [-0.05, 0) is 6.42 Å². The third-order valence-electron chi connectivity index (χ3n) is 4.90. The first-order valence-corrected chi connectivity index (χ1v) is 10.1. The molecule has 6 nitrogen and oxygen atoms in total. The number of unbranched alkanes of at least 4 members (excludes halogenated alkanes) is 9. The Bertz CT molecular complexity index is 775. The van der Waals surface area contributed by atoms with Crippen LogP contribution < -0.4 is 0 Å². The maximum atomic E-state index is 4.53. The molecule has 26 heavy (non-hydrogen) atoms. The summed E-state index contributed by atoms with van der Waals surface area (Å²) in [5, 5.41) is 0. The number of H-pyrrole nitrogens is 1. The molecule has 6 heteroatoms. The maximum Gasteiger partial charge on any atom is 0.182 e. The second-order valence-electron chi connectivity index (χ2n) is 6.94. The molecule has 0 spiro atoms. The van der Waals surface area contributed by atoms with Crippen molar-refractivity contribution in [3.05, 3.63) is 30.9 Å². The standard InChI is InChI=1S/C20H30N6/c1-2-3-4-5-6-7-8-9-10-11-12-17-21-13-14-26(17)20-18-19(23-15-22-18)24-16-25-20/h13-16H,2-12H2,1H3,(H,22,23,24,25). The number of fused-ring (bicyclic) bond motifs is 1. The maximum absolute atomic E-state index is 4.53. The van der Waals surface area contributed by atoms with Crippen LogP contribution in [0.1, 0.15) is 77.0 Å². The van der Waals surface area contributed by atoms with Gasteiger partial charge in [-0.2, -0.15) is 0 Å². The Balaban J connectivity index is 1.42. The van der Waals surface area contributed by atoms with Crippen molar-refractivity contribution in [2.45, 2.75) is 77.6 Å². The lowest BCUT2D eigenvalue weighted by atomic mass is 10.1. The van der Waals surface area contributed by atoms with Crippen molar-refractivity contribution in [1.82, 2.24) is 29.5 Å². The minimum Gasteiger partial charge on any atom is -0.340 e. The minimum absolute atomic E-state index is 0.689. The molecule has 0 unspecified atom stereocenters. The molecule has 0 saturated heterocycles. The SMILES string of the molecule is CCCCCCCCCCCCc1nccn1-c1ncnc2nc[nH]c12. The van der Waals surface area contributed by atoms with Gasteiger partial charge in [-0.3, -0.25) is 4.57 Å². The highest BCUT2D eigenvalue weighted by Crippen LogP contribution is 2.18. The van der Waals surface area contributed by atoms with Gasteiger partial charge in [0.1, 0.15) is 17.7 Å². The van der Waals surface area contributed by atoms with Crippen molar-refractivity contribution in [2.24, 2.45) is 0 Å². The molecule has 0 aromatic carbocycles. The predicted molar refractivity (Wildman–Crippen MR) is 104 cm³/mol. The van der Waals surface area contributed by atoms with Gasteiger partial charge in [0.2, 0.25) is 0 Å². The van der Waals surface area contributed by atoms with Gasteiger partial charge in [0.05, 0.1) is 6.33 Å². The number of rotatable bonds is 12. The Morgan fingerprint density at radius 1 is 0.846 bits per heavy atom. The molecule has 0 amide bonds. The molecule has 3 aromatic rings. The number of hydrogen-bond donors (Lipinski definition) is 1. The van der Waals surface area contributed by atoms with Crippen molar-refractivity contribution < 1.29 is 0 Å². The topological polar surface area (TPSA) is 72.3 Å². The Labute approximate surface area is 155 Å². The fourth-order valence-electron chi connectivity index (χ4n) is 3.42. The van der Waals surface area contributed by atoms with Crippen molar-refractivity contribution in [3.63, 3.8) is 0 Å². The monoisotopic (exact) mass is 354 g/mol. The molecule has 0 saturated carbocycles. The average molecular weight is 355 g/mol. The zero-order valence-electron chi connectivity index (χ0n) is 15.8. The molecule has 1 N–H and O–H groups in total. The van der Waals surface area contributed by atoms with Crippen molar-refractivity contribution in [1.29, 1.82) is 0 Å². The van der Waals surface area contributed by atoms with Crippen LogP contribution in [-0.2, 0) is 6.42 Å². The first kappa shape index (κ1) is 18.5. The number of imidazole rings is 2. The molecule has 3 heterocycles. The number of nitrogens with one attached hydrogen (secondary N) is 1. The molecule has 0 aliphatic heterocycles. The van der Waals surface area contributed by atoms with Gasteiger partial charge in [-0.1, -0.05) is 64.7 Å². The lowest BCUT2D eigenvalue weighted by Gasteiger charge is -2.07. The molecule has 0 aliphatic carbocycles. The molecular formula is C20H30N6. The summed E-state index contributed by atoms with van der Waals surface area (Å²) in [5.41, 5.74) is 1.54. The summed E-state index contributed by atoms with van der Waals surface area (Å²) in [6, 6.07) is 0. The van der Waals surface area contributed by atoms with E-state index >= 15 is 0 Å². The minimum atomic E-state index is 0.689. The van der Waals surface area contributed by atoms with Gasteiger partial charge in [0, 0.05) is 18.8 Å². The third-order valence-corrected chi connectivity index (χ3v) is 4.90. The molecule has 0 aliphatic rings. The number of aromatic amines is 1. The van der Waals surface area contributed by atoms with E-state index < -0.39 is 0 Å². The molecule has 0 bridgehead atoms. The van der Waals surface area contributed by atoms with E-state index in [1.165, 1.54) is 64.2 Å². The van der Waals surface area contributed by atoms with E-state index in [-0.39, 0.29) is 0 Å². The molecular weight excluding hydrogens is 324 g/mol. The van der Waals surface area contributed by atoms with Crippen LogP contribution in [0.5, 0.6) is 0 Å². The van der Waals surface area contributed by atoms with Crippen LogP contribution in [-0.4, -0.2) is 29.5 Å². The fourth-order valence-corrected chi connectivity index (χ4v) is 3.42. The Morgan fingerprint density at radius 2 is 1.58 bits per heavy atom. The number of aromatic nitrogens is 6. The summed E-state index contributed by atoms with van der Waals surface area (Å²) in [6.45, 7) is 2.27. The van der Waals surface area contributed by atoms with Gasteiger partial charge >= 0.3 is 0 Å². The van der Waals surface area contributed by atoms with Crippen LogP contribution in [0.15, 0.2) is 25.0 Å². The average Bonchev–Trinajstić information content (AvgIpc) is 3.32. The predicted octanol–water partition coefficient (Wildman–Crippen LogP) is 5.00. The van der Waals surface area contributed by atoms with E-state index in [0.29, 0.717) is 5.65 Å². The smallest absolute Gasteiger partial charge is 0.182 e. The lowest BCUT2D eigenvalue weighted by molar-refractivity contribution is 0.553. The van der Waals surface area contributed by atoms with Gasteiger partial charge in [-0.25, -0.2) is 19.9 Å². The quantitative estimate of drug-likeness (QED) is 0.464. The molecule has 3 aromatic heterocycles. The second-order valence-corrected chi connectivity index (χ2v) is 6.94. The van der Waals surface area contributed by atoms with Crippen LogP contribution in [0.3, 0.4) is 0 Å². The lowest BCUT2D eigenvalue weighted by Crippen LogP contribution is -2.04. The first-order valence-electron chi connectivity index (χ1n) is 10.1.